The molecular weight excluding hydrogens is 500 g/mol. The number of hydrazine groups is 1. The van der Waals surface area contributed by atoms with Crippen molar-refractivity contribution >= 4 is 5.91 Å². The highest BCUT2D eigenvalue weighted by Gasteiger charge is 2.62. The van der Waals surface area contributed by atoms with Gasteiger partial charge in [-0.15, -0.1) is 6.42 Å². The van der Waals surface area contributed by atoms with Crippen LogP contribution in [0, 0.1) is 58.7 Å². The molecule has 1 amide bonds. The molecule has 7 heteroatoms. The molecule has 5 aliphatic rings. The largest absolute Gasteiger partial charge is 0.393 e. The number of amides is 1. The highest BCUT2D eigenvalue weighted by atomic mass is 16.3. The van der Waals surface area contributed by atoms with Gasteiger partial charge in [-0.1, -0.05) is 26.7 Å². The molecule has 6 N–H and O–H groups in total. The van der Waals surface area contributed by atoms with E-state index in [1.165, 1.54) is 25.7 Å². The summed E-state index contributed by atoms with van der Waals surface area (Å²) in [4.78, 5) is 13.1. The number of carbonyl (C=O) groups is 1. The van der Waals surface area contributed by atoms with Crippen LogP contribution in [0.5, 0.6) is 0 Å². The van der Waals surface area contributed by atoms with Crippen LogP contribution in [-0.2, 0) is 4.79 Å². The molecular formula is C33H56N4O3. The van der Waals surface area contributed by atoms with Gasteiger partial charge >= 0.3 is 0 Å². The maximum absolute atomic E-state index is 13.1. The standard InChI is InChI=1S/C33H56N4O3/c1-6-17-34-20-23(11-16-33(5)36-37-33)35-29(40)10-7-21(2)25-8-9-26-30-27(13-15-32(25,26)4)31(3)14-12-24(38)18-22(31)19-28(30)39/h1,21-28,30,34,36-39H,7-20H2,2-5H3,(H,35,40)/t21-,22+,23?,24-,25-,26+,27+,28?,30+,31+,32-/m1/s1. The van der Waals surface area contributed by atoms with Gasteiger partial charge in [0.2, 0.25) is 5.91 Å². The molecule has 1 saturated heterocycles. The van der Waals surface area contributed by atoms with Crippen molar-refractivity contribution in [2.45, 2.75) is 129 Å². The lowest BCUT2D eigenvalue weighted by Gasteiger charge is -2.62. The van der Waals surface area contributed by atoms with Crippen molar-refractivity contribution < 1.29 is 15.0 Å². The number of hydrogen-bond acceptors (Lipinski definition) is 6. The minimum atomic E-state index is -0.235. The Hall–Kier alpha value is -1.17. The fourth-order valence-corrected chi connectivity index (χ4v) is 10.3. The molecule has 0 aromatic carbocycles. The van der Waals surface area contributed by atoms with Gasteiger partial charge in [0, 0.05) is 19.0 Å². The van der Waals surface area contributed by atoms with Crippen LogP contribution in [0.2, 0.25) is 0 Å². The van der Waals surface area contributed by atoms with Crippen molar-refractivity contribution in [3.8, 4) is 12.3 Å². The van der Waals surface area contributed by atoms with Crippen LogP contribution in [0.3, 0.4) is 0 Å². The summed E-state index contributed by atoms with van der Waals surface area (Å²) in [6.07, 6.45) is 16.9. The third kappa shape index (κ3) is 5.99. The Bertz CT molecular complexity index is 948. The van der Waals surface area contributed by atoms with E-state index in [0.717, 1.165) is 44.9 Å². The summed E-state index contributed by atoms with van der Waals surface area (Å²) >= 11 is 0. The summed E-state index contributed by atoms with van der Waals surface area (Å²) in [6.45, 7) is 10.7. The van der Waals surface area contributed by atoms with Crippen molar-refractivity contribution in [1.82, 2.24) is 21.5 Å². The number of rotatable bonds is 11. The SMILES string of the molecule is C#CCNCC(CCC1(C)NN1)NC(=O)CC[C@@H](C)[C@H]1CC[C@H]2[C@@H]3C(O)C[C@@H]4C[C@H](O)CC[C@]4(C)[C@H]3CC[C@]12C. The molecule has 0 spiro atoms. The molecule has 5 fully saturated rings. The van der Waals surface area contributed by atoms with E-state index in [2.05, 4.69) is 55.1 Å². The summed E-state index contributed by atoms with van der Waals surface area (Å²) in [5.41, 5.74) is 6.86. The number of aliphatic hydroxyl groups is 2. The maximum Gasteiger partial charge on any atom is 0.220 e. The smallest absolute Gasteiger partial charge is 0.220 e. The molecule has 4 aliphatic carbocycles. The molecule has 4 saturated carbocycles. The number of terminal acetylenes is 1. The second kappa shape index (κ2) is 11.8. The molecule has 5 rings (SSSR count). The fraction of sp³-hybridized carbons (Fsp3) is 0.909. The molecule has 7 nitrogen and oxygen atoms in total. The van der Waals surface area contributed by atoms with Gasteiger partial charge in [-0.3, -0.25) is 4.79 Å². The van der Waals surface area contributed by atoms with Gasteiger partial charge < -0.3 is 20.8 Å². The van der Waals surface area contributed by atoms with Gasteiger partial charge in [0.15, 0.2) is 0 Å². The fourth-order valence-electron chi connectivity index (χ4n) is 10.3. The molecule has 0 aromatic rings. The quantitative estimate of drug-likeness (QED) is 0.131. The predicted octanol–water partition coefficient (Wildman–Crippen LogP) is 3.71. The summed E-state index contributed by atoms with van der Waals surface area (Å²) in [5, 5.41) is 28.4. The minimum absolute atomic E-state index is 0.0143. The summed E-state index contributed by atoms with van der Waals surface area (Å²) in [6, 6.07) is 0.0692. The third-order valence-electron chi connectivity index (χ3n) is 12.8. The molecule has 40 heavy (non-hydrogen) atoms. The first-order valence-corrected chi connectivity index (χ1v) is 16.3. The van der Waals surface area contributed by atoms with E-state index >= 15 is 0 Å². The first kappa shape index (κ1) is 30.3. The zero-order valence-electron chi connectivity index (χ0n) is 25.5. The normalized spacial score (nSPS) is 43.0. The van der Waals surface area contributed by atoms with Crippen LogP contribution in [-0.4, -0.2) is 53.1 Å². The van der Waals surface area contributed by atoms with E-state index in [1.54, 1.807) is 0 Å². The molecule has 1 heterocycles. The Kier molecular flexibility index (Phi) is 8.97. The Morgan fingerprint density at radius 2 is 1.75 bits per heavy atom. The van der Waals surface area contributed by atoms with Crippen LogP contribution in [0.15, 0.2) is 0 Å². The average Bonchev–Trinajstić information content (AvgIpc) is 3.54. The van der Waals surface area contributed by atoms with Crippen molar-refractivity contribution in [3.05, 3.63) is 0 Å². The van der Waals surface area contributed by atoms with Gasteiger partial charge in [-0.25, -0.2) is 10.9 Å². The van der Waals surface area contributed by atoms with Crippen molar-refractivity contribution in [2.24, 2.45) is 46.3 Å². The van der Waals surface area contributed by atoms with Crippen LogP contribution in [0.1, 0.15) is 105 Å². The minimum Gasteiger partial charge on any atom is -0.393 e. The van der Waals surface area contributed by atoms with Crippen LogP contribution in [0.25, 0.3) is 0 Å². The lowest BCUT2D eigenvalue weighted by atomic mass is 9.43. The van der Waals surface area contributed by atoms with Gasteiger partial charge in [0.25, 0.3) is 0 Å². The van der Waals surface area contributed by atoms with Gasteiger partial charge in [-0.05, 0) is 124 Å². The Balaban J connectivity index is 1.17. The molecule has 1 aliphatic heterocycles. The van der Waals surface area contributed by atoms with Crippen LogP contribution in [0.4, 0.5) is 0 Å². The molecule has 0 bridgehead atoms. The van der Waals surface area contributed by atoms with E-state index in [9.17, 15) is 15.0 Å². The molecule has 11 atom stereocenters. The van der Waals surface area contributed by atoms with E-state index < -0.39 is 0 Å². The molecule has 226 valence electrons. The predicted molar refractivity (Wildman–Crippen MR) is 159 cm³/mol. The number of aliphatic hydroxyl groups excluding tert-OH is 2. The number of hydrogen-bond donors (Lipinski definition) is 6. The summed E-state index contributed by atoms with van der Waals surface area (Å²) in [7, 11) is 0. The van der Waals surface area contributed by atoms with Crippen molar-refractivity contribution in [1.29, 1.82) is 0 Å². The maximum atomic E-state index is 13.1. The average molecular weight is 557 g/mol. The number of carbonyl (C=O) groups excluding carboxylic acids is 1. The number of nitrogens with one attached hydrogen (secondary N) is 4. The van der Waals surface area contributed by atoms with Crippen LogP contribution >= 0.6 is 0 Å². The van der Waals surface area contributed by atoms with Gasteiger partial charge in [0.05, 0.1) is 24.4 Å². The van der Waals surface area contributed by atoms with Gasteiger partial charge in [0.1, 0.15) is 0 Å². The lowest BCUT2D eigenvalue weighted by Crippen LogP contribution is -2.58. The summed E-state index contributed by atoms with van der Waals surface area (Å²) < 4.78 is 0. The van der Waals surface area contributed by atoms with E-state index in [-0.39, 0.29) is 40.6 Å². The Labute approximate surface area is 242 Å². The Morgan fingerprint density at radius 3 is 2.48 bits per heavy atom. The van der Waals surface area contributed by atoms with Crippen molar-refractivity contribution in [2.75, 3.05) is 13.1 Å². The molecule has 0 radical (unpaired) electrons. The Morgan fingerprint density at radius 1 is 1.02 bits per heavy atom. The molecule has 0 aromatic heterocycles. The monoisotopic (exact) mass is 556 g/mol. The second-order valence-electron chi connectivity index (χ2n) is 15.2. The van der Waals surface area contributed by atoms with Crippen LogP contribution < -0.4 is 21.5 Å². The van der Waals surface area contributed by atoms with E-state index in [0.29, 0.717) is 55.0 Å². The van der Waals surface area contributed by atoms with Crippen molar-refractivity contribution in [3.63, 3.8) is 0 Å². The zero-order chi connectivity index (χ0) is 28.7. The van der Waals surface area contributed by atoms with E-state index in [4.69, 9.17) is 6.42 Å². The lowest BCUT2D eigenvalue weighted by molar-refractivity contribution is -0.174. The molecule has 2 unspecified atom stereocenters. The highest BCUT2D eigenvalue weighted by Crippen LogP contribution is 2.68. The zero-order valence-corrected chi connectivity index (χ0v) is 25.5. The van der Waals surface area contributed by atoms with Gasteiger partial charge in [-0.2, -0.15) is 0 Å². The first-order chi connectivity index (χ1) is 19.0. The highest BCUT2D eigenvalue weighted by molar-refractivity contribution is 5.76. The first-order valence-electron chi connectivity index (χ1n) is 16.3. The van der Waals surface area contributed by atoms with E-state index in [1.807, 2.05) is 0 Å². The number of fused-ring (bicyclic) bond motifs is 5. The second-order valence-corrected chi connectivity index (χ2v) is 15.2. The third-order valence-corrected chi connectivity index (χ3v) is 12.8. The summed E-state index contributed by atoms with van der Waals surface area (Å²) in [5.74, 6) is 5.86. The topological polar surface area (TPSA) is 125 Å².